The SMILES string of the molecule is CCNC(Cc1ncc[nH]1)c1cc(Cl)ccc1OC. The first kappa shape index (κ1) is 13.9. The van der Waals surface area contributed by atoms with Crippen molar-refractivity contribution in [2.45, 2.75) is 19.4 Å². The van der Waals surface area contributed by atoms with Gasteiger partial charge < -0.3 is 15.0 Å². The van der Waals surface area contributed by atoms with E-state index in [-0.39, 0.29) is 6.04 Å². The van der Waals surface area contributed by atoms with Crippen molar-refractivity contribution in [2.75, 3.05) is 13.7 Å². The smallest absolute Gasteiger partial charge is 0.123 e. The number of hydrogen-bond donors (Lipinski definition) is 2. The zero-order valence-corrected chi connectivity index (χ0v) is 11.9. The number of rotatable bonds is 6. The van der Waals surface area contributed by atoms with Crippen molar-refractivity contribution in [1.29, 1.82) is 0 Å². The van der Waals surface area contributed by atoms with Crippen LogP contribution in [0.4, 0.5) is 0 Å². The maximum absolute atomic E-state index is 6.09. The number of imidazole rings is 1. The Balaban J connectivity index is 2.29. The van der Waals surface area contributed by atoms with Crippen LogP contribution in [-0.4, -0.2) is 23.6 Å². The van der Waals surface area contributed by atoms with Gasteiger partial charge in [-0.15, -0.1) is 0 Å². The van der Waals surface area contributed by atoms with E-state index in [2.05, 4.69) is 22.2 Å². The van der Waals surface area contributed by atoms with Crippen LogP contribution in [-0.2, 0) is 6.42 Å². The molecule has 0 aliphatic carbocycles. The molecule has 2 N–H and O–H groups in total. The van der Waals surface area contributed by atoms with Gasteiger partial charge in [-0.2, -0.15) is 0 Å². The van der Waals surface area contributed by atoms with E-state index in [0.717, 1.165) is 30.1 Å². The molecule has 1 aromatic carbocycles. The molecule has 0 aliphatic rings. The molecule has 102 valence electrons. The van der Waals surface area contributed by atoms with E-state index in [0.29, 0.717) is 5.02 Å². The van der Waals surface area contributed by atoms with Gasteiger partial charge in [0.1, 0.15) is 11.6 Å². The zero-order valence-electron chi connectivity index (χ0n) is 11.1. The van der Waals surface area contributed by atoms with Crippen LogP contribution in [0.3, 0.4) is 0 Å². The number of ether oxygens (including phenoxy) is 1. The Labute approximate surface area is 118 Å². The van der Waals surface area contributed by atoms with E-state index in [1.807, 2.05) is 24.4 Å². The fraction of sp³-hybridized carbons (Fsp3) is 0.357. The molecule has 2 rings (SSSR count). The third-order valence-electron chi connectivity index (χ3n) is 2.97. The molecule has 0 saturated heterocycles. The summed E-state index contributed by atoms with van der Waals surface area (Å²) in [6.45, 7) is 2.94. The van der Waals surface area contributed by atoms with Gasteiger partial charge in [0.15, 0.2) is 0 Å². The van der Waals surface area contributed by atoms with E-state index in [1.165, 1.54) is 0 Å². The minimum Gasteiger partial charge on any atom is -0.496 e. The predicted molar refractivity (Wildman–Crippen MR) is 76.7 cm³/mol. The minimum atomic E-state index is 0.116. The van der Waals surface area contributed by atoms with Crippen molar-refractivity contribution < 1.29 is 4.74 Å². The molecule has 5 heteroatoms. The third-order valence-corrected chi connectivity index (χ3v) is 3.21. The summed E-state index contributed by atoms with van der Waals surface area (Å²) in [6.07, 6.45) is 4.35. The highest BCUT2D eigenvalue weighted by atomic mass is 35.5. The summed E-state index contributed by atoms with van der Waals surface area (Å²) < 4.78 is 5.42. The first-order valence-electron chi connectivity index (χ1n) is 6.29. The lowest BCUT2D eigenvalue weighted by atomic mass is 10.0. The number of likely N-dealkylation sites (N-methyl/N-ethyl adjacent to an activating group) is 1. The summed E-state index contributed by atoms with van der Waals surface area (Å²) in [5.74, 6) is 1.77. The topological polar surface area (TPSA) is 49.9 Å². The van der Waals surface area contributed by atoms with Crippen LogP contribution in [0, 0.1) is 0 Å². The number of aromatic amines is 1. The highest BCUT2D eigenvalue weighted by Crippen LogP contribution is 2.29. The predicted octanol–water partition coefficient (Wildman–Crippen LogP) is 2.97. The van der Waals surface area contributed by atoms with Gasteiger partial charge in [0.25, 0.3) is 0 Å². The molecule has 0 fully saturated rings. The van der Waals surface area contributed by atoms with E-state index >= 15 is 0 Å². The van der Waals surface area contributed by atoms with E-state index in [1.54, 1.807) is 13.3 Å². The molecule has 0 aliphatic heterocycles. The summed E-state index contributed by atoms with van der Waals surface area (Å²) in [4.78, 5) is 7.40. The number of benzene rings is 1. The number of aromatic nitrogens is 2. The molecule has 4 nitrogen and oxygen atoms in total. The Kier molecular flexibility index (Phi) is 4.82. The maximum Gasteiger partial charge on any atom is 0.123 e. The lowest BCUT2D eigenvalue weighted by Gasteiger charge is -2.20. The molecule has 1 heterocycles. The highest BCUT2D eigenvalue weighted by Gasteiger charge is 2.17. The summed E-state index contributed by atoms with van der Waals surface area (Å²) in [5.41, 5.74) is 1.05. The lowest BCUT2D eigenvalue weighted by Crippen LogP contribution is -2.24. The van der Waals surface area contributed by atoms with Gasteiger partial charge in [-0.3, -0.25) is 0 Å². The fourth-order valence-electron chi connectivity index (χ4n) is 2.12. The Morgan fingerprint density at radius 2 is 2.32 bits per heavy atom. The summed E-state index contributed by atoms with van der Waals surface area (Å²) in [5, 5.41) is 4.15. The third kappa shape index (κ3) is 3.49. The minimum absolute atomic E-state index is 0.116. The van der Waals surface area contributed by atoms with Gasteiger partial charge in [-0.1, -0.05) is 18.5 Å². The molecule has 1 atom stereocenters. The van der Waals surface area contributed by atoms with Gasteiger partial charge in [0.05, 0.1) is 7.11 Å². The van der Waals surface area contributed by atoms with Crippen LogP contribution >= 0.6 is 11.6 Å². The average Bonchev–Trinajstić information content (AvgIpc) is 2.91. The maximum atomic E-state index is 6.09. The molecule has 19 heavy (non-hydrogen) atoms. The zero-order chi connectivity index (χ0) is 13.7. The van der Waals surface area contributed by atoms with Gasteiger partial charge in [-0.25, -0.2) is 4.98 Å². The number of nitrogens with one attached hydrogen (secondary N) is 2. The molecule has 0 radical (unpaired) electrons. The van der Waals surface area contributed by atoms with Crippen LogP contribution in [0.5, 0.6) is 5.75 Å². The molecular formula is C14H18ClN3O. The van der Waals surface area contributed by atoms with Crippen molar-refractivity contribution in [3.8, 4) is 5.75 Å². The van der Waals surface area contributed by atoms with Crippen LogP contribution < -0.4 is 10.1 Å². The number of halogens is 1. The van der Waals surface area contributed by atoms with Crippen molar-refractivity contribution in [2.24, 2.45) is 0 Å². The first-order chi connectivity index (χ1) is 9.24. The van der Waals surface area contributed by atoms with Gasteiger partial charge in [0, 0.05) is 35.4 Å². The Hall–Kier alpha value is -1.52. The van der Waals surface area contributed by atoms with Gasteiger partial charge in [0.2, 0.25) is 0 Å². The average molecular weight is 280 g/mol. The quantitative estimate of drug-likeness (QED) is 0.855. The molecule has 1 unspecified atom stereocenters. The lowest BCUT2D eigenvalue weighted by molar-refractivity contribution is 0.398. The Morgan fingerprint density at radius 1 is 1.47 bits per heavy atom. The fourth-order valence-corrected chi connectivity index (χ4v) is 2.30. The molecular weight excluding hydrogens is 262 g/mol. The number of H-pyrrole nitrogens is 1. The van der Waals surface area contributed by atoms with E-state index in [4.69, 9.17) is 16.3 Å². The van der Waals surface area contributed by atoms with Crippen molar-refractivity contribution in [3.63, 3.8) is 0 Å². The molecule has 0 bridgehead atoms. The van der Waals surface area contributed by atoms with E-state index < -0.39 is 0 Å². The molecule has 0 spiro atoms. The molecule has 0 amide bonds. The monoisotopic (exact) mass is 279 g/mol. The van der Waals surface area contributed by atoms with Crippen LogP contribution in [0.2, 0.25) is 5.02 Å². The number of methoxy groups -OCH3 is 1. The summed E-state index contributed by atoms with van der Waals surface area (Å²) in [6, 6.07) is 5.78. The number of nitrogens with zero attached hydrogens (tertiary/aromatic N) is 1. The number of hydrogen-bond acceptors (Lipinski definition) is 3. The van der Waals surface area contributed by atoms with Crippen molar-refractivity contribution >= 4 is 11.6 Å². The standard InChI is InChI=1S/C14H18ClN3O/c1-3-16-12(9-14-17-6-7-18-14)11-8-10(15)4-5-13(11)19-2/h4-8,12,16H,3,9H2,1-2H3,(H,17,18). The summed E-state index contributed by atoms with van der Waals surface area (Å²) in [7, 11) is 1.67. The second-order valence-corrected chi connectivity index (χ2v) is 4.67. The van der Waals surface area contributed by atoms with Crippen molar-refractivity contribution in [1.82, 2.24) is 15.3 Å². The second-order valence-electron chi connectivity index (χ2n) is 4.24. The van der Waals surface area contributed by atoms with Gasteiger partial charge >= 0.3 is 0 Å². The van der Waals surface area contributed by atoms with Gasteiger partial charge in [-0.05, 0) is 24.7 Å². The molecule has 1 aromatic heterocycles. The second kappa shape index (κ2) is 6.59. The van der Waals surface area contributed by atoms with E-state index in [9.17, 15) is 0 Å². The molecule has 0 saturated carbocycles. The Bertz CT molecular complexity index is 513. The van der Waals surface area contributed by atoms with Crippen molar-refractivity contribution in [3.05, 3.63) is 47.0 Å². The summed E-state index contributed by atoms with van der Waals surface area (Å²) >= 11 is 6.09. The Morgan fingerprint density at radius 3 is 2.95 bits per heavy atom. The molecule has 2 aromatic rings. The largest absolute Gasteiger partial charge is 0.496 e. The highest BCUT2D eigenvalue weighted by molar-refractivity contribution is 6.30. The van der Waals surface area contributed by atoms with Crippen LogP contribution in [0.15, 0.2) is 30.6 Å². The normalized spacial score (nSPS) is 12.4. The van der Waals surface area contributed by atoms with Crippen LogP contribution in [0.25, 0.3) is 0 Å². The first-order valence-corrected chi connectivity index (χ1v) is 6.67. The van der Waals surface area contributed by atoms with Crippen LogP contribution in [0.1, 0.15) is 24.4 Å².